The molecule has 11 nitrogen and oxygen atoms in total. The summed E-state index contributed by atoms with van der Waals surface area (Å²) < 4.78 is 12.6. The van der Waals surface area contributed by atoms with Gasteiger partial charge in [-0.05, 0) is 48.7 Å². The fourth-order valence-electron chi connectivity index (χ4n) is 4.34. The van der Waals surface area contributed by atoms with Gasteiger partial charge in [-0.15, -0.1) is 5.10 Å². The van der Waals surface area contributed by atoms with Gasteiger partial charge < -0.3 is 14.8 Å². The Bertz CT molecular complexity index is 1740. The largest absolute Gasteiger partial charge is 0.493 e. The lowest BCUT2D eigenvalue weighted by Gasteiger charge is -2.16. The highest BCUT2D eigenvalue weighted by Gasteiger charge is 2.24. The van der Waals surface area contributed by atoms with Crippen LogP contribution >= 0.6 is 11.8 Å². The lowest BCUT2D eigenvalue weighted by molar-refractivity contribution is -0.384. The van der Waals surface area contributed by atoms with Crippen LogP contribution in [0.3, 0.4) is 0 Å². The van der Waals surface area contributed by atoms with Crippen LogP contribution in [-0.4, -0.2) is 49.9 Å². The maximum Gasteiger partial charge on any atom is 0.269 e. The minimum absolute atomic E-state index is 0.0289. The molecule has 2 heterocycles. The number of hydrogen-bond donors (Lipinski definition) is 1. The molecule has 5 rings (SSSR count). The Labute approximate surface area is 240 Å². The average Bonchev–Trinajstić information content (AvgIpc) is 3.45. The molecule has 1 amide bonds. The highest BCUT2D eigenvalue weighted by Crippen LogP contribution is 2.36. The van der Waals surface area contributed by atoms with Gasteiger partial charge in [0.2, 0.25) is 5.91 Å². The molecule has 5 aromatic rings. The number of non-ortho nitro benzene ring substituents is 1. The Morgan fingerprint density at radius 2 is 1.71 bits per heavy atom. The van der Waals surface area contributed by atoms with Crippen molar-refractivity contribution < 1.29 is 19.2 Å². The first-order valence-electron chi connectivity index (χ1n) is 13.0. The van der Waals surface area contributed by atoms with Gasteiger partial charge in [0.05, 0.1) is 29.9 Å². The number of ether oxygens (including phenoxy) is 2. The van der Waals surface area contributed by atoms with Gasteiger partial charge in [-0.25, -0.2) is 9.97 Å². The molecule has 0 saturated heterocycles. The van der Waals surface area contributed by atoms with Crippen molar-refractivity contribution in [2.45, 2.75) is 37.1 Å². The van der Waals surface area contributed by atoms with E-state index in [1.165, 1.54) is 29.5 Å². The van der Waals surface area contributed by atoms with Crippen LogP contribution in [0.15, 0.2) is 65.8 Å². The number of nitrogens with one attached hydrogen (secondary N) is 1. The number of benzene rings is 3. The second-order valence-corrected chi connectivity index (χ2v) is 10.3. The molecule has 2 aromatic heterocycles. The van der Waals surface area contributed by atoms with Crippen LogP contribution in [0.1, 0.15) is 25.8 Å². The standard InChI is InChI=1S/C29H28N6O5S/c1-5-17-7-11-19(12-8-17)30-28(36)25(6-2)41-29-31-22-16-24(40-4)23(39-3)15-21(22)27-32-26(33-34(27)29)18-9-13-20(14-10-18)35(37)38/h7-16,25H,5-6H2,1-4H3,(H,30,36)/t25-/m0/s1. The fourth-order valence-corrected chi connectivity index (χ4v) is 5.30. The number of aromatic nitrogens is 4. The first kappa shape index (κ1) is 27.8. The van der Waals surface area contributed by atoms with Gasteiger partial charge in [0.1, 0.15) is 0 Å². The van der Waals surface area contributed by atoms with Crippen molar-refractivity contribution in [1.29, 1.82) is 0 Å². The fraction of sp³-hybridized carbons (Fsp3) is 0.241. The molecule has 0 unspecified atom stereocenters. The van der Waals surface area contributed by atoms with Crippen LogP contribution < -0.4 is 14.8 Å². The lowest BCUT2D eigenvalue weighted by Crippen LogP contribution is -2.25. The Kier molecular flexibility index (Phi) is 8.02. The molecule has 0 radical (unpaired) electrons. The molecule has 0 bridgehead atoms. The third-order valence-corrected chi connectivity index (χ3v) is 7.93. The zero-order valence-corrected chi connectivity index (χ0v) is 23.8. The van der Waals surface area contributed by atoms with Gasteiger partial charge >= 0.3 is 0 Å². The highest BCUT2D eigenvalue weighted by molar-refractivity contribution is 8.00. The number of nitrogens with zero attached hydrogens (tertiary/aromatic N) is 5. The quantitative estimate of drug-likeness (QED) is 0.0933. The summed E-state index contributed by atoms with van der Waals surface area (Å²) in [6, 6.07) is 17.3. The topological polar surface area (TPSA) is 134 Å². The number of rotatable bonds is 10. The van der Waals surface area contributed by atoms with E-state index in [1.807, 2.05) is 31.2 Å². The van der Waals surface area contributed by atoms with Crippen molar-refractivity contribution in [3.8, 4) is 22.9 Å². The molecule has 12 heteroatoms. The smallest absolute Gasteiger partial charge is 0.269 e. The Morgan fingerprint density at radius 3 is 2.32 bits per heavy atom. The molecule has 0 aliphatic rings. The molecule has 210 valence electrons. The number of nitro groups is 1. The minimum Gasteiger partial charge on any atom is -0.493 e. The number of aryl methyl sites for hydroxylation is 1. The number of nitro benzene ring substituents is 1. The Morgan fingerprint density at radius 1 is 1.02 bits per heavy atom. The lowest BCUT2D eigenvalue weighted by atomic mass is 10.1. The SMILES string of the molecule is CCc1ccc(NC(=O)[C@H](CC)Sc2nc3cc(OC)c(OC)cc3c3nc(-c4ccc([N+](=O)[O-])cc4)nn23)cc1. The summed E-state index contributed by atoms with van der Waals surface area (Å²) in [4.78, 5) is 33.6. The van der Waals surface area contributed by atoms with E-state index in [0.29, 0.717) is 51.0 Å². The zero-order valence-electron chi connectivity index (χ0n) is 23.0. The van der Waals surface area contributed by atoms with Crippen molar-refractivity contribution >= 4 is 45.6 Å². The van der Waals surface area contributed by atoms with Crippen LogP contribution in [0.25, 0.3) is 27.9 Å². The van der Waals surface area contributed by atoms with E-state index in [-0.39, 0.29) is 11.6 Å². The summed E-state index contributed by atoms with van der Waals surface area (Å²) in [7, 11) is 3.09. The molecule has 3 aromatic carbocycles. The highest BCUT2D eigenvalue weighted by atomic mass is 32.2. The maximum absolute atomic E-state index is 13.3. The predicted molar refractivity (Wildman–Crippen MR) is 158 cm³/mol. The number of amides is 1. The van der Waals surface area contributed by atoms with E-state index in [1.54, 1.807) is 43.0 Å². The maximum atomic E-state index is 13.3. The number of thioether (sulfide) groups is 1. The van der Waals surface area contributed by atoms with E-state index in [9.17, 15) is 14.9 Å². The van der Waals surface area contributed by atoms with Crippen molar-refractivity contribution in [2.24, 2.45) is 0 Å². The van der Waals surface area contributed by atoms with Crippen LogP contribution in [0.4, 0.5) is 11.4 Å². The Hall–Kier alpha value is -4.71. The van der Waals surface area contributed by atoms with Crippen molar-refractivity contribution in [1.82, 2.24) is 19.6 Å². The van der Waals surface area contributed by atoms with Gasteiger partial charge in [0.25, 0.3) is 5.69 Å². The molecule has 1 atom stereocenters. The van der Waals surface area contributed by atoms with E-state index in [4.69, 9.17) is 24.5 Å². The van der Waals surface area contributed by atoms with Crippen LogP contribution in [-0.2, 0) is 11.2 Å². The molecule has 0 spiro atoms. The molecule has 0 fully saturated rings. The van der Waals surface area contributed by atoms with Crippen LogP contribution in [0.5, 0.6) is 11.5 Å². The van der Waals surface area contributed by atoms with E-state index in [0.717, 1.165) is 12.1 Å². The van der Waals surface area contributed by atoms with Crippen molar-refractivity contribution in [2.75, 3.05) is 19.5 Å². The van der Waals surface area contributed by atoms with Gasteiger partial charge in [-0.2, -0.15) is 4.52 Å². The van der Waals surface area contributed by atoms with E-state index in [2.05, 4.69) is 12.2 Å². The first-order valence-corrected chi connectivity index (χ1v) is 13.9. The van der Waals surface area contributed by atoms with Crippen molar-refractivity contribution in [3.63, 3.8) is 0 Å². The summed E-state index contributed by atoms with van der Waals surface area (Å²) in [5.41, 5.74) is 3.57. The Balaban J connectivity index is 1.58. The number of carbonyl (C=O) groups excluding carboxylic acids is 1. The monoisotopic (exact) mass is 572 g/mol. The number of anilines is 1. The molecular weight excluding hydrogens is 544 g/mol. The van der Waals surface area contributed by atoms with Crippen molar-refractivity contribution in [3.05, 3.63) is 76.3 Å². The van der Waals surface area contributed by atoms with Gasteiger partial charge in [0, 0.05) is 34.8 Å². The summed E-state index contributed by atoms with van der Waals surface area (Å²) >= 11 is 1.28. The summed E-state index contributed by atoms with van der Waals surface area (Å²) in [5, 5.41) is 19.5. The molecule has 0 aliphatic heterocycles. The minimum atomic E-state index is -0.471. The second-order valence-electron chi connectivity index (χ2n) is 9.15. The number of hydrogen-bond acceptors (Lipinski definition) is 9. The van der Waals surface area contributed by atoms with Crippen LogP contribution in [0.2, 0.25) is 0 Å². The summed E-state index contributed by atoms with van der Waals surface area (Å²) in [6.45, 7) is 4.02. The molecular formula is C29H28N6O5S. The summed E-state index contributed by atoms with van der Waals surface area (Å²) in [5.74, 6) is 1.21. The number of fused-ring (bicyclic) bond motifs is 3. The molecule has 0 saturated carbocycles. The second kappa shape index (κ2) is 11.8. The number of methoxy groups -OCH3 is 2. The number of carbonyl (C=O) groups is 1. The van der Waals surface area contributed by atoms with E-state index >= 15 is 0 Å². The molecule has 0 aliphatic carbocycles. The van der Waals surface area contributed by atoms with Gasteiger partial charge in [-0.3, -0.25) is 14.9 Å². The normalized spacial score (nSPS) is 11.9. The van der Waals surface area contributed by atoms with E-state index < -0.39 is 10.2 Å². The first-order chi connectivity index (χ1) is 19.8. The average molecular weight is 573 g/mol. The van der Waals surface area contributed by atoms with Gasteiger partial charge in [-0.1, -0.05) is 37.7 Å². The molecule has 1 N–H and O–H groups in total. The third kappa shape index (κ3) is 5.64. The zero-order chi connectivity index (χ0) is 29.1. The van der Waals surface area contributed by atoms with Crippen LogP contribution in [0, 0.1) is 10.1 Å². The molecule has 41 heavy (non-hydrogen) atoms. The predicted octanol–water partition coefficient (Wildman–Crippen LogP) is 5.94. The third-order valence-electron chi connectivity index (χ3n) is 6.62. The van der Waals surface area contributed by atoms with Gasteiger partial charge in [0.15, 0.2) is 28.1 Å². The summed E-state index contributed by atoms with van der Waals surface area (Å²) in [6.07, 6.45) is 1.46.